The normalized spacial score (nSPS) is 18.5. The van der Waals surface area contributed by atoms with Crippen LogP contribution >= 0.6 is 11.3 Å². The van der Waals surface area contributed by atoms with E-state index in [4.69, 9.17) is 18.6 Å². The van der Waals surface area contributed by atoms with Gasteiger partial charge in [-0.2, -0.15) is 0 Å². The van der Waals surface area contributed by atoms with Gasteiger partial charge in [0.1, 0.15) is 42.3 Å². The summed E-state index contributed by atoms with van der Waals surface area (Å²) in [7, 11) is 0. The molecule has 1 amide bonds. The fourth-order valence-electron chi connectivity index (χ4n) is 4.50. The van der Waals surface area contributed by atoms with E-state index in [1.54, 1.807) is 49.4 Å². The number of anilines is 1. The second-order valence-corrected chi connectivity index (χ2v) is 9.54. The number of aliphatic hydroxyl groups excluding tert-OH is 1. The maximum absolute atomic E-state index is 13.4. The van der Waals surface area contributed by atoms with Crippen LogP contribution in [-0.4, -0.2) is 41.6 Å². The molecule has 2 aliphatic heterocycles. The minimum absolute atomic E-state index is 0.0923. The van der Waals surface area contributed by atoms with E-state index in [0.717, 1.165) is 4.70 Å². The number of carbonyl (C=O) groups excluding carboxylic acids is 2. The summed E-state index contributed by atoms with van der Waals surface area (Å²) in [5.41, 5.74) is 0.887. The van der Waals surface area contributed by atoms with E-state index in [9.17, 15) is 14.7 Å². The monoisotopic (exact) mass is 518 g/mol. The van der Waals surface area contributed by atoms with Crippen LogP contribution in [0.15, 0.2) is 58.5 Å². The maximum atomic E-state index is 13.4. The van der Waals surface area contributed by atoms with Crippen molar-refractivity contribution in [3.8, 4) is 17.2 Å². The fourth-order valence-corrected chi connectivity index (χ4v) is 5.52. The van der Waals surface area contributed by atoms with Gasteiger partial charge >= 0.3 is 5.91 Å². The highest BCUT2D eigenvalue weighted by atomic mass is 32.1. The van der Waals surface area contributed by atoms with Crippen molar-refractivity contribution in [1.29, 1.82) is 0 Å². The first kappa shape index (κ1) is 23.1. The van der Waals surface area contributed by atoms with E-state index in [2.05, 4.69) is 4.98 Å². The zero-order valence-electron chi connectivity index (χ0n) is 20.0. The van der Waals surface area contributed by atoms with E-state index in [1.807, 2.05) is 13.0 Å². The van der Waals surface area contributed by atoms with Gasteiger partial charge in [0.2, 0.25) is 0 Å². The van der Waals surface area contributed by atoms with Crippen LogP contribution in [0.3, 0.4) is 0 Å². The molecular formula is C27H22N2O7S. The number of benzene rings is 2. The van der Waals surface area contributed by atoms with Crippen LogP contribution in [0, 0.1) is 6.92 Å². The van der Waals surface area contributed by atoms with Crippen molar-refractivity contribution in [1.82, 2.24) is 4.98 Å². The summed E-state index contributed by atoms with van der Waals surface area (Å²) in [5.74, 6) is 0.646. The number of hydrogen-bond donors (Lipinski definition) is 1. The number of thiazole rings is 1. The lowest BCUT2D eigenvalue weighted by Gasteiger charge is -2.21. The standard InChI is InChI=1S/C27H22N2O7S/c1-3-33-16-6-7-17-21(13-16)37-27(28-17)29-23(19-8-4-14(2)36-19)22(25(31)26(29)32)24(30)15-5-9-18-20(12-15)35-11-10-34-18/h4-9,12-13,23,30H,3,10-11H2,1-2H3. The molecule has 0 spiro atoms. The Bertz CT molecular complexity index is 1580. The quantitative estimate of drug-likeness (QED) is 0.223. The highest BCUT2D eigenvalue weighted by Gasteiger charge is 2.49. The van der Waals surface area contributed by atoms with Crippen LogP contribution in [0.5, 0.6) is 17.2 Å². The number of aromatic nitrogens is 1. The SMILES string of the molecule is CCOc1ccc2nc(N3C(=O)C(=O)C(=C(O)c4ccc5c(c4)OCCO5)C3c3ccc(C)o3)sc2c1. The van der Waals surface area contributed by atoms with E-state index < -0.39 is 17.7 Å². The zero-order valence-corrected chi connectivity index (χ0v) is 20.8. The molecular weight excluding hydrogens is 496 g/mol. The molecule has 6 rings (SSSR count). The Balaban J connectivity index is 1.50. The number of rotatable bonds is 5. The topological polar surface area (TPSA) is 111 Å². The molecule has 2 aliphatic rings. The molecule has 1 unspecified atom stereocenters. The number of nitrogens with zero attached hydrogens (tertiary/aromatic N) is 2. The number of aryl methyl sites for hydroxylation is 1. The van der Waals surface area contributed by atoms with Crippen LogP contribution in [0.25, 0.3) is 16.0 Å². The van der Waals surface area contributed by atoms with E-state index in [1.165, 1.54) is 16.2 Å². The lowest BCUT2D eigenvalue weighted by atomic mass is 9.99. The van der Waals surface area contributed by atoms with Crippen molar-refractivity contribution in [2.75, 3.05) is 24.7 Å². The molecule has 1 atom stereocenters. The number of aliphatic hydroxyl groups is 1. The predicted molar refractivity (Wildman–Crippen MR) is 136 cm³/mol. The minimum atomic E-state index is -1.01. The van der Waals surface area contributed by atoms with Gasteiger partial charge in [0, 0.05) is 5.56 Å². The molecule has 2 aromatic carbocycles. The van der Waals surface area contributed by atoms with Gasteiger partial charge in [-0.3, -0.25) is 14.5 Å². The van der Waals surface area contributed by atoms with Gasteiger partial charge in [0.05, 0.1) is 22.4 Å². The number of ketones is 1. The summed E-state index contributed by atoms with van der Waals surface area (Å²) >= 11 is 1.25. The summed E-state index contributed by atoms with van der Waals surface area (Å²) in [6.07, 6.45) is 0. The minimum Gasteiger partial charge on any atom is -0.507 e. The lowest BCUT2D eigenvalue weighted by Crippen LogP contribution is -2.29. The molecule has 1 N–H and O–H groups in total. The Morgan fingerprint density at radius 2 is 1.92 bits per heavy atom. The predicted octanol–water partition coefficient (Wildman–Crippen LogP) is 4.99. The van der Waals surface area contributed by atoms with Gasteiger partial charge in [-0.05, 0) is 62.4 Å². The average molecular weight is 519 g/mol. The molecule has 37 heavy (non-hydrogen) atoms. The second kappa shape index (κ2) is 8.97. The van der Waals surface area contributed by atoms with Gasteiger partial charge in [-0.15, -0.1) is 0 Å². The number of fused-ring (bicyclic) bond motifs is 2. The molecule has 1 fully saturated rings. The third kappa shape index (κ3) is 3.89. The number of amides is 1. The van der Waals surface area contributed by atoms with Gasteiger partial charge in [-0.25, -0.2) is 4.98 Å². The summed E-state index contributed by atoms with van der Waals surface area (Å²) in [6.45, 7) is 4.98. The number of hydrogen-bond acceptors (Lipinski definition) is 9. The molecule has 9 nitrogen and oxygen atoms in total. The number of Topliss-reactive ketones (excluding diaryl/α,β-unsaturated/α-hetero) is 1. The van der Waals surface area contributed by atoms with Crippen molar-refractivity contribution < 1.29 is 33.3 Å². The van der Waals surface area contributed by atoms with Gasteiger partial charge in [0.15, 0.2) is 16.6 Å². The van der Waals surface area contributed by atoms with Crippen LogP contribution in [0.4, 0.5) is 5.13 Å². The van der Waals surface area contributed by atoms with E-state index in [0.29, 0.717) is 64.8 Å². The summed E-state index contributed by atoms with van der Waals surface area (Å²) in [5, 5.41) is 11.7. The third-order valence-electron chi connectivity index (χ3n) is 6.16. The van der Waals surface area contributed by atoms with Crippen molar-refractivity contribution in [3.05, 3.63) is 71.2 Å². The van der Waals surface area contributed by atoms with Crippen molar-refractivity contribution >= 4 is 44.1 Å². The first-order valence-electron chi connectivity index (χ1n) is 11.8. The smallest absolute Gasteiger partial charge is 0.302 e. The Hall–Kier alpha value is -4.31. The Morgan fingerprint density at radius 3 is 2.68 bits per heavy atom. The molecule has 0 radical (unpaired) electrons. The maximum Gasteiger partial charge on any atom is 0.302 e. The van der Waals surface area contributed by atoms with Crippen LogP contribution in [-0.2, 0) is 9.59 Å². The zero-order chi connectivity index (χ0) is 25.7. The molecule has 1 saturated heterocycles. The average Bonchev–Trinajstić information content (AvgIpc) is 3.59. The highest BCUT2D eigenvalue weighted by molar-refractivity contribution is 7.22. The van der Waals surface area contributed by atoms with Crippen LogP contribution in [0.2, 0.25) is 0 Å². The first-order chi connectivity index (χ1) is 17.9. The molecule has 0 saturated carbocycles. The molecule has 4 aromatic rings. The summed E-state index contributed by atoms with van der Waals surface area (Å²) in [4.78, 5) is 32.7. The third-order valence-corrected chi connectivity index (χ3v) is 7.17. The largest absolute Gasteiger partial charge is 0.507 e. The number of ether oxygens (including phenoxy) is 3. The van der Waals surface area contributed by atoms with Crippen molar-refractivity contribution in [2.45, 2.75) is 19.9 Å². The second-order valence-electron chi connectivity index (χ2n) is 8.53. The van der Waals surface area contributed by atoms with Crippen LogP contribution in [0.1, 0.15) is 30.0 Å². The number of carbonyl (C=O) groups is 2. The molecule has 10 heteroatoms. The Morgan fingerprint density at radius 1 is 1.11 bits per heavy atom. The van der Waals surface area contributed by atoms with Crippen molar-refractivity contribution in [3.63, 3.8) is 0 Å². The molecule has 4 heterocycles. The summed E-state index contributed by atoms with van der Waals surface area (Å²) in [6, 6.07) is 12.8. The number of furan rings is 1. The van der Waals surface area contributed by atoms with Gasteiger partial charge in [-0.1, -0.05) is 11.3 Å². The molecule has 0 bridgehead atoms. The van der Waals surface area contributed by atoms with Gasteiger partial charge < -0.3 is 23.7 Å². The molecule has 2 aromatic heterocycles. The van der Waals surface area contributed by atoms with E-state index in [-0.39, 0.29) is 11.3 Å². The van der Waals surface area contributed by atoms with Crippen LogP contribution < -0.4 is 19.1 Å². The summed E-state index contributed by atoms with van der Waals surface area (Å²) < 4.78 is 23.4. The van der Waals surface area contributed by atoms with E-state index >= 15 is 0 Å². The fraction of sp³-hybridized carbons (Fsp3) is 0.222. The highest BCUT2D eigenvalue weighted by Crippen LogP contribution is 2.45. The molecule has 0 aliphatic carbocycles. The first-order valence-corrected chi connectivity index (χ1v) is 12.6. The lowest BCUT2D eigenvalue weighted by molar-refractivity contribution is -0.132. The Labute approximate surface area is 215 Å². The Kier molecular flexibility index (Phi) is 5.60. The van der Waals surface area contributed by atoms with Crippen molar-refractivity contribution in [2.24, 2.45) is 0 Å². The van der Waals surface area contributed by atoms with Gasteiger partial charge in [0.25, 0.3) is 5.78 Å². The molecule has 188 valence electrons.